The number of ether oxygens (including phenoxy) is 1. The zero-order valence-corrected chi connectivity index (χ0v) is 18.4. The lowest BCUT2D eigenvalue weighted by Crippen LogP contribution is -2.36. The minimum absolute atomic E-state index is 0.0181. The zero-order chi connectivity index (χ0) is 24.3. The van der Waals surface area contributed by atoms with Crippen molar-refractivity contribution in [2.45, 2.75) is 39.0 Å². The van der Waals surface area contributed by atoms with Crippen LogP contribution in [0, 0.1) is 12.7 Å². The third-order valence-corrected chi connectivity index (χ3v) is 5.56. The lowest BCUT2D eigenvalue weighted by molar-refractivity contribution is -0.137. The Kier molecular flexibility index (Phi) is 7.22. The van der Waals surface area contributed by atoms with Gasteiger partial charge >= 0.3 is 6.18 Å². The molecule has 1 atom stereocenters. The Hall–Kier alpha value is -3.20. The molecule has 1 aromatic heterocycles. The minimum atomic E-state index is -4.59. The Balaban J connectivity index is 2.17. The van der Waals surface area contributed by atoms with Gasteiger partial charge in [0.25, 0.3) is 11.5 Å². The van der Waals surface area contributed by atoms with Gasteiger partial charge in [-0.2, -0.15) is 13.2 Å². The number of benzene rings is 2. The van der Waals surface area contributed by atoms with E-state index in [2.05, 4.69) is 5.32 Å². The van der Waals surface area contributed by atoms with Crippen LogP contribution in [-0.4, -0.2) is 24.2 Å². The van der Waals surface area contributed by atoms with Gasteiger partial charge in [-0.25, -0.2) is 4.39 Å². The number of alkyl halides is 3. The molecule has 1 amide bonds. The minimum Gasteiger partial charge on any atom is -0.383 e. The summed E-state index contributed by atoms with van der Waals surface area (Å²) in [6, 6.07) is 8.20. The van der Waals surface area contributed by atoms with Crippen LogP contribution >= 0.6 is 0 Å². The van der Waals surface area contributed by atoms with Crippen molar-refractivity contribution < 1.29 is 27.1 Å². The number of pyridine rings is 1. The molecule has 0 bridgehead atoms. The number of halogens is 4. The molecule has 0 saturated carbocycles. The van der Waals surface area contributed by atoms with Gasteiger partial charge in [0.15, 0.2) is 0 Å². The maximum absolute atomic E-state index is 13.5. The van der Waals surface area contributed by atoms with E-state index in [4.69, 9.17) is 4.74 Å². The Labute approximate surface area is 188 Å². The first-order valence-electron chi connectivity index (χ1n) is 10.4. The van der Waals surface area contributed by atoms with Crippen molar-refractivity contribution in [2.75, 3.05) is 13.7 Å². The normalized spacial score (nSPS) is 12.7. The number of aromatic nitrogens is 1. The van der Waals surface area contributed by atoms with E-state index in [1.807, 2.05) is 0 Å². The molecule has 0 saturated heterocycles. The van der Waals surface area contributed by atoms with Gasteiger partial charge < -0.3 is 14.6 Å². The van der Waals surface area contributed by atoms with Crippen LogP contribution in [0.5, 0.6) is 0 Å². The van der Waals surface area contributed by atoms with Crippen LogP contribution in [0.3, 0.4) is 0 Å². The Morgan fingerprint density at radius 2 is 1.91 bits per heavy atom. The summed E-state index contributed by atoms with van der Waals surface area (Å²) in [4.78, 5) is 26.5. The largest absolute Gasteiger partial charge is 0.416 e. The van der Waals surface area contributed by atoms with E-state index in [9.17, 15) is 27.2 Å². The van der Waals surface area contributed by atoms with Crippen molar-refractivity contribution in [3.05, 3.63) is 80.9 Å². The molecule has 0 fully saturated rings. The maximum atomic E-state index is 13.5. The number of hydrogen-bond donors (Lipinski definition) is 1. The number of fused-ring (bicyclic) bond motifs is 1. The fraction of sp³-hybridized carbons (Fsp3) is 0.333. The number of methoxy groups -OCH3 is 1. The van der Waals surface area contributed by atoms with Crippen LogP contribution in [0.4, 0.5) is 17.6 Å². The fourth-order valence-electron chi connectivity index (χ4n) is 3.86. The Bertz CT molecular complexity index is 1230. The molecule has 1 unspecified atom stereocenters. The van der Waals surface area contributed by atoms with Gasteiger partial charge in [-0.1, -0.05) is 25.1 Å². The van der Waals surface area contributed by atoms with Crippen LogP contribution in [0.25, 0.3) is 10.9 Å². The summed E-state index contributed by atoms with van der Waals surface area (Å²) in [5.74, 6) is -1.15. The number of amides is 1. The predicted molar refractivity (Wildman–Crippen MR) is 117 cm³/mol. The van der Waals surface area contributed by atoms with Gasteiger partial charge in [0, 0.05) is 19.0 Å². The molecule has 33 heavy (non-hydrogen) atoms. The second kappa shape index (κ2) is 9.74. The highest BCUT2D eigenvalue weighted by Crippen LogP contribution is 2.33. The number of hydrogen-bond acceptors (Lipinski definition) is 3. The number of nitrogens with one attached hydrogen (secondary N) is 1. The second-order valence-corrected chi connectivity index (χ2v) is 7.73. The summed E-state index contributed by atoms with van der Waals surface area (Å²) in [6.07, 6.45) is -4.19. The summed E-state index contributed by atoms with van der Waals surface area (Å²) in [6.45, 7) is 3.36. The van der Waals surface area contributed by atoms with E-state index < -0.39 is 35.1 Å². The molecule has 5 nitrogen and oxygen atoms in total. The number of carbonyl (C=O) groups excluding carboxylic acids is 1. The van der Waals surface area contributed by atoms with Gasteiger partial charge in [0.2, 0.25) is 0 Å². The van der Waals surface area contributed by atoms with Gasteiger partial charge in [0.1, 0.15) is 11.4 Å². The van der Waals surface area contributed by atoms with E-state index >= 15 is 0 Å². The topological polar surface area (TPSA) is 60.3 Å². The predicted octanol–water partition coefficient (Wildman–Crippen LogP) is 5.00. The van der Waals surface area contributed by atoms with Gasteiger partial charge in [-0.3, -0.25) is 9.59 Å². The van der Waals surface area contributed by atoms with Crippen molar-refractivity contribution in [3.63, 3.8) is 0 Å². The van der Waals surface area contributed by atoms with Gasteiger partial charge in [-0.05, 0) is 48.7 Å². The van der Waals surface area contributed by atoms with Crippen LogP contribution in [0.15, 0.2) is 47.3 Å². The second-order valence-electron chi connectivity index (χ2n) is 7.73. The van der Waals surface area contributed by atoms with Crippen molar-refractivity contribution in [2.24, 2.45) is 0 Å². The average Bonchev–Trinajstić information content (AvgIpc) is 2.76. The number of nitrogens with zero attached hydrogens (tertiary/aromatic N) is 1. The molecule has 9 heteroatoms. The smallest absolute Gasteiger partial charge is 0.383 e. The molecule has 2 aromatic carbocycles. The van der Waals surface area contributed by atoms with Gasteiger partial charge in [0.05, 0.1) is 23.7 Å². The summed E-state index contributed by atoms with van der Waals surface area (Å²) < 4.78 is 59.9. The van der Waals surface area contributed by atoms with Crippen molar-refractivity contribution in [1.82, 2.24) is 9.88 Å². The van der Waals surface area contributed by atoms with E-state index in [1.165, 1.54) is 42.9 Å². The van der Waals surface area contributed by atoms with Crippen LogP contribution < -0.4 is 10.9 Å². The molecule has 3 aromatic rings. The van der Waals surface area contributed by atoms with Crippen molar-refractivity contribution in [1.29, 1.82) is 0 Å². The summed E-state index contributed by atoms with van der Waals surface area (Å²) in [7, 11) is 1.43. The first-order valence-corrected chi connectivity index (χ1v) is 10.4. The number of carbonyl (C=O) groups is 1. The molecule has 0 aliphatic rings. The molecule has 0 aliphatic heterocycles. The summed E-state index contributed by atoms with van der Waals surface area (Å²) >= 11 is 0. The Morgan fingerprint density at radius 3 is 2.52 bits per heavy atom. The Morgan fingerprint density at radius 1 is 1.18 bits per heavy atom. The van der Waals surface area contributed by atoms with Gasteiger partial charge in [-0.15, -0.1) is 0 Å². The van der Waals surface area contributed by atoms with E-state index in [-0.39, 0.29) is 29.8 Å². The molecule has 0 aliphatic carbocycles. The molecule has 176 valence electrons. The molecular formula is C24H24F4N2O3. The third-order valence-electron chi connectivity index (χ3n) is 5.56. The first-order chi connectivity index (χ1) is 15.6. The highest BCUT2D eigenvalue weighted by Gasteiger charge is 2.32. The first kappa shape index (κ1) is 24.4. The monoisotopic (exact) mass is 464 g/mol. The third kappa shape index (κ3) is 5.08. The highest BCUT2D eigenvalue weighted by molar-refractivity contribution is 6.00. The van der Waals surface area contributed by atoms with E-state index in [0.29, 0.717) is 17.4 Å². The van der Waals surface area contributed by atoms with Crippen LogP contribution in [0.1, 0.15) is 46.4 Å². The molecule has 0 radical (unpaired) electrons. The van der Waals surface area contributed by atoms with E-state index in [0.717, 1.165) is 12.1 Å². The SMILES string of the molecule is CCC(COC)n1c(=O)c(C(=O)NCc2cccc(F)c2)c(C)c2ccc(C(F)(F)F)cc21. The fourth-order valence-corrected chi connectivity index (χ4v) is 3.86. The maximum Gasteiger partial charge on any atom is 0.416 e. The zero-order valence-electron chi connectivity index (χ0n) is 18.4. The van der Waals surface area contributed by atoms with Crippen molar-refractivity contribution >= 4 is 16.8 Å². The quantitative estimate of drug-likeness (QED) is 0.501. The lowest BCUT2D eigenvalue weighted by atomic mass is 10.00. The molecule has 1 heterocycles. The molecular weight excluding hydrogens is 440 g/mol. The molecule has 1 N–H and O–H groups in total. The number of rotatable bonds is 7. The standard InChI is InChI=1S/C24H24F4N2O3/c1-4-18(13-33-3)30-20-11-16(24(26,27)28)8-9-19(20)14(2)21(23(30)32)22(31)29-12-15-6-5-7-17(25)10-15/h5-11,18H,4,12-13H2,1-3H3,(H,29,31). The molecule has 3 rings (SSSR count). The van der Waals surface area contributed by atoms with E-state index in [1.54, 1.807) is 13.0 Å². The summed E-state index contributed by atoms with van der Waals surface area (Å²) in [5.41, 5.74) is -0.920. The molecule has 0 spiro atoms. The van der Waals surface area contributed by atoms with Crippen LogP contribution in [0.2, 0.25) is 0 Å². The lowest BCUT2D eigenvalue weighted by Gasteiger charge is -2.23. The summed E-state index contributed by atoms with van der Waals surface area (Å²) in [5, 5.41) is 2.97. The van der Waals surface area contributed by atoms with Crippen LogP contribution in [-0.2, 0) is 17.5 Å². The average molecular weight is 464 g/mol. The highest BCUT2D eigenvalue weighted by atomic mass is 19.4. The number of aryl methyl sites for hydroxylation is 1. The van der Waals surface area contributed by atoms with Crippen molar-refractivity contribution in [3.8, 4) is 0 Å².